The van der Waals surface area contributed by atoms with Gasteiger partial charge in [-0.25, -0.2) is 0 Å². The van der Waals surface area contributed by atoms with Crippen molar-refractivity contribution in [1.29, 1.82) is 0 Å². The van der Waals surface area contributed by atoms with Crippen LogP contribution >= 0.6 is 39.1 Å². The Morgan fingerprint density at radius 1 is 1.35 bits per heavy atom. The van der Waals surface area contributed by atoms with Gasteiger partial charge in [-0.15, -0.1) is 0 Å². The van der Waals surface area contributed by atoms with E-state index in [9.17, 15) is 0 Å². The van der Waals surface area contributed by atoms with E-state index in [-0.39, 0.29) is 6.10 Å². The van der Waals surface area contributed by atoms with E-state index in [0.717, 1.165) is 31.6 Å². The molecule has 2 nitrogen and oxygen atoms in total. The van der Waals surface area contributed by atoms with Crippen LogP contribution in [0.15, 0.2) is 18.2 Å². The maximum absolute atomic E-state index is 6.00. The topological polar surface area (TPSA) is 12.5 Å². The average molecular weight is 339 g/mol. The highest BCUT2D eigenvalue weighted by Crippen LogP contribution is 2.23. The summed E-state index contributed by atoms with van der Waals surface area (Å²) in [5.41, 5.74) is 1.19. The molecule has 1 unspecified atom stereocenters. The van der Waals surface area contributed by atoms with Gasteiger partial charge in [-0.1, -0.05) is 45.2 Å². The van der Waals surface area contributed by atoms with E-state index in [1.807, 2.05) is 18.2 Å². The van der Waals surface area contributed by atoms with Crippen LogP contribution in [0.25, 0.3) is 0 Å². The second kappa shape index (κ2) is 6.39. The largest absolute Gasteiger partial charge is 0.375 e. The predicted molar refractivity (Wildman–Crippen MR) is 75.3 cm³/mol. The third kappa shape index (κ3) is 3.83. The smallest absolute Gasteiger partial charge is 0.0799 e. The Kier molecular flexibility index (Phi) is 5.12. The Morgan fingerprint density at radius 3 is 2.88 bits per heavy atom. The van der Waals surface area contributed by atoms with Crippen molar-refractivity contribution >= 4 is 39.1 Å². The van der Waals surface area contributed by atoms with Crippen molar-refractivity contribution in [2.45, 2.75) is 12.6 Å². The molecule has 0 N–H and O–H groups in total. The molecule has 0 spiro atoms. The molecular formula is C12H14BrCl2NO. The standard InChI is InChI=1S/C12H14BrCl2NO/c13-6-10-8-16(3-4-17-10)7-9-1-2-11(14)12(15)5-9/h1-2,5,10H,3-4,6-8H2. The van der Waals surface area contributed by atoms with Crippen molar-refractivity contribution in [2.24, 2.45) is 0 Å². The van der Waals surface area contributed by atoms with Gasteiger partial charge in [-0.05, 0) is 17.7 Å². The lowest BCUT2D eigenvalue weighted by Gasteiger charge is -2.32. The van der Waals surface area contributed by atoms with Crippen LogP contribution in [-0.4, -0.2) is 36.0 Å². The molecule has 1 fully saturated rings. The van der Waals surface area contributed by atoms with E-state index in [4.69, 9.17) is 27.9 Å². The molecule has 0 aromatic heterocycles. The van der Waals surface area contributed by atoms with Crippen molar-refractivity contribution < 1.29 is 4.74 Å². The van der Waals surface area contributed by atoms with Gasteiger partial charge in [0.15, 0.2) is 0 Å². The third-order valence-electron chi connectivity index (χ3n) is 2.79. The summed E-state index contributed by atoms with van der Waals surface area (Å²) in [5.74, 6) is 0. The number of morpholine rings is 1. The van der Waals surface area contributed by atoms with Crippen LogP contribution in [0.4, 0.5) is 0 Å². The lowest BCUT2D eigenvalue weighted by molar-refractivity contribution is -0.0181. The highest BCUT2D eigenvalue weighted by Gasteiger charge is 2.19. The van der Waals surface area contributed by atoms with Gasteiger partial charge in [0.05, 0.1) is 22.8 Å². The van der Waals surface area contributed by atoms with E-state index in [0.29, 0.717) is 10.0 Å². The molecule has 0 amide bonds. The fourth-order valence-corrected chi connectivity index (χ4v) is 2.63. The second-order valence-corrected chi connectivity index (χ2v) is 5.59. The van der Waals surface area contributed by atoms with Crippen LogP contribution < -0.4 is 0 Å². The van der Waals surface area contributed by atoms with Crippen LogP contribution in [0, 0.1) is 0 Å². The molecule has 1 atom stereocenters. The molecule has 0 radical (unpaired) electrons. The van der Waals surface area contributed by atoms with Gasteiger partial charge in [0, 0.05) is 25.0 Å². The molecule has 1 aliphatic rings. The normalized spacial score (nSPS) is 21.7. The summed E-state index contributed by atoms with van der Waals surface area (Å²) < 4.78 is 5.60. The SMILES string of the molecule is Clc1ccc(CN2CCOC(CBr)C2)cc1Cl. The number of ether oxygens (including phenoxy) is 1. The van der Waals surface area contributed by atoms with Gasteiger partial charge < -0.3 is 4.74 Å². The van der Waals surface area contributed by atoms with Gasteiger partial charge in [0.2, 0.25) is 0 Å². The highest BCUT2D eigenvalue weighted by atomic mass is 79.9. The highest BCUT2D eigenvalue weighted by molar-refractivity contribution is 9.09. The molecule has 2 rings (SSSR count). The Hall–Kier alpha value is 0.200. The van der Waals surface area contributed by atoms with Crippen LogP contribution in [0.3, 0.4) is 0 Å². The number of hydrogen-bond acceptors (Lipinski definition) is 2. The number of halogens is 3. The number of benzene rings is 1. The minimum Gasteiger partial charge on any atom is -0.375 e. The molecule has 1 aliphatic heterocycles. The average Bonchev–Trinajstić information content (AvgIpc) is 2.34. The van der Waals surface area contributed by atoms with Crippen LogP contribution in [-0.2, 0) is 11.3 Å². The molecular weight excluding hydrogens is 325 g/mol. The van der Waals surface area contributed by atoms with E-state index >= 15 is 0 Å². The first-order valence-electron chi connectivity index (χ1n) is 5.53. The Balaban J connectivity index is 1.97. The summed E-state index contributed by atoms with van der Waals surface area (Å²) in [4.78, 5) is 2.37. The number of rotatable bonds is 3. The Labute approximate surface area is 120 Å². The van der Waals surface area contributed by atoms with Crippen molar-refractivity contribution in [3.8, 4) is 0 Å². The summed E-state index contributed by atoms with van der Waals surface area (Å²) in [5, 5.41) is 2.11. The van der Waals surface area contributed by atoms with Crippen LogP contribution in [0.2, 0.25) is 10.0 Å². The quantitative estimate of drug-likeness (QED) is 0.781. The predicted octanol–water partition coefficient (Wildman–Crippen LogP) is 3.59. The minimum absolute atomic E-state index is 0.284. The monoisotopic (exact) mass is 337 g/mol. The van der Waals surface area contributed by atoms with Gasteiger partial charge in [-0.2, -0.15) is 0 Å². The van der Waals surface area contributed by atoms with Crippen LogP contribution in [0.1, 0.15) is 5.56 Å². The molecule has 94 valence electrons. The first-order valence-corrected chi connectivity index (χ1v) is 7.40. The first kappa shape index (κ1) is 13.6. The lowest BCUT2D eigenvalue weighted by Crippen LogP contribution is -2.42. The maximum Gasteiger partial charge on any atom is 0.0799 e. The van der Waals surface area contributed by atoms with Crippen molar-refractivity contribution in [3.63, 3.8) is 0 Å². The van der Waals surface area contributed by atoms with Gasteiger partial charge in [0.1, 0.15) is 0 Å². The number of alkyl halides is 1. The summed E-state index contributed by atoms with van der Waals surface area (Å²) in [6, 6.07) is 5.80. The Morgan fingerprint density at radius 2 is 2.18 bits per heavy atom. The molecule has 1 heterocycles. The maximum atomic E-state index is 6.00. The first-order chi connectivity index (χ1) is 8.19. The Bertz CT molecular complexity index is 389. The van der Waals surface area contributed by atoms with Gasteiger partial charge in [-0.3, -0.25) is 4.90 Å². The van der Waals surface area contributed by atoms with Crippen LogP contribution in [0.5, 0.6) is 0 Å². The number of hydrogen-bond donors (Lipinski definition) is 0. The molecule has 5 heteroatoms. The third-order valence-corrected chi connectivity index (χ3v) is 4.25. The second-order valence-electron chi connectivity index (χ2n) is 4.13. The van der Waals surface area contributed by atoms with Gasteiger partial charge in [0.25, 0.3) is 0 Å². The molecule has 0 aliphatic carbocycles. The van der Waals surface area contributed by atoms with Crippen molar-refractivity contribution in [3.05, 3.63) is 33.8 Å². The summed E-state index contributed by atoms with van der Waals surface area (Å²) in [6.07, 6.45) is 0.284. The van der Waals surface area contributed by atoms with Crippen molar-refractivity contribution in [1.82, 2.24) is 4.90 Å². The van der Waals surface area contributed by atoms with Gasteiger partial charge >= 0.3 is 0 Å². The van der Waals surface area contributed by atoms with E-state index in [1.165, 1.54) is 5.56 Å². The van der Waals surface area contributed by atoms with Crippen molar-refractivity contribution in [2.75, 3.05) is 25.0 Å². The van der Waals surface area contributed by atoms with E-state index < -0.39 is 0 Å². The summed E-state index contributed by atoms with van der Waals surface area (Å²) in [7, 11) is 0. The van der Waals surface area contributed by atoms with E-state index in [2.05, 4.69) is 20.8 Å². The molecule has 1 saturated heterocycles. The lowest BCUT2D eigenvalue weighted by atomic mass is 10.2. The fourth-order valence-electron chi connectivity index (χ4n) is 1.91. The molecule has 1 aromatic rings. The minimum atomic E-state index is 0.284. The molecule has 17 heavy (non-hydrogen) atoms. The zero-order chi connectivity index (χ0) is 12.3. The van der Waals surface area contributed by atoms with E-state index in [1.54, 1.807) is 0 Å². The fraction of sp³-hybridized carbons (Fsp3) is 0.500. The molecule has 0 saturated carbocycles. The zero-order valence-corrected chi connectivity index (χ0v) is 12.4. The number of nitrogens with zero attached hydrogens (tertiary/aromatic N) is 1. The summed E-state index contributed by atoms with van der Waals surface area (Å²) >= 11 is 15.4. The molecule has 1 aromatic carbocycles. The molecule has 0 bridgehead atoms. The summed E-state index contributed by atoms with van der Waals surface area (Å²) in [6.45, 7) is 3.59. The zero-order valence-electron chi connectivity index (χ0n) is 9.33.